The third-order valence-electron chi connectivity index (χ3n) is 6.38. The minimum atomic E-state index is 0.153. The number of benzene rings is 1. The van der Waals surface area contributed by atoms with Crippen LogP contribution in [0.15, 0.2) is 29.4 Å². The lowest BCUT2D eigenvalue weighted by Crippen LogP contribution is -2.38. The van der Waals surface area contributed by atoms with E-state index in [0.29, 0.717) is 11.8 Å². The normalized spacial score (nSPS) is 21.4. The molecule has 5 rings (SSSR count). The van der Waals surface area contributed by atoms with Gasteiger partial charge in [0.2, 0.25) is 11.9 Å². The van der Waals surface area contributed by atoms with Crippen molar-refractivity contribution >= 4 is 23.6 Å². The lowest BCUT2D eigenvalue weighted by atomic mass is 9.87. The van der Waals surface area contributed by atoms with E-state index in [1.807, 2.05) is 11.9 Å². The Morgan fingerprint density at radius 2 is 2.00 bits per heavy atom. The third kappa shape index (κ3) is 3.95. The van der Waals surface area contributed by atoms with Crippen LogP contribution in [-0.4, -0.2) is 64.7 Å². The number of hydrogen-bond donors (Lipinski definition) is 0. The van der Waals surface area contributed by atoms with Gasteiger partial charge in [0.05, 0.1) is 25.0 Å². The van der Waals surface area contributed by atoms with Crippen molar-refractivity contribution in [3.05, 3.63) is 35.4 Å². The van der Waals surface area contributed by atoms with Gasteiger partial charge in [0.1, 0.15) is 0 Å². The molecule has 2 heterocycles. The molecule has 8 heteroatoms. The predicted molar refractivity (Wildman–Crippen MR) is 117 cm³/mol. The van der Waals surface area contributed by atoms with Gasteiger partial charge in [0, 0.05) is 26.2 Å². The molecule has 1 aliphatic heterocycles. The molecular formula is C22H29N5O2S. The molecule has 3 aliphatic rings. The van der Waals surface area contributed by atoms with Gasteiger partial charge < -0.3 is 14.5 Å². The maximum atomic E-state index is 13.1. The van der Waals surface area contributed by atoms with E-state index in [4.69, 9.17) is 4.74 Å². The summed E-state index contributed by atoms with van der Waals surface area (Å²) in [7, 11) is 1.94. The largest absolute Gasteiger partial charge is 0.378 e. The highest BCUT2D eigenvalue weighted by molar-refractivity contribution is 7.99. The maximum absolute atomic E-state index is 13.1. The summed E-state index contributed by atoms with van der Waals surface area (Å²) in [5, 5.41) is 9.80. The van der Waals surface area contributed by atoms with Gasteiger partial charge in [0.15, 0.2) is 5.16 Å². The van der Waals surface area contributed by atoms with Crippen molar-refractivity contribution in [2.45, 2.75) is 49.3 Å². The van der Waals surface area contributed by atoms with E-state index in [-0.39, 0.29) is 11.9 Å². The average Bonchev–Trinajstić information content (AvgIpc) is 3.55. The average molecular weight is 428 g/mol. The minimum Gasteiger partial charge on any atom is -0.378 e. The van der Waals surface area contributed by atoms with Crippen molar-refractivity contribution < 1.29 is 9.53 Å². The van der Waals surface area contributed by atoms with Crippen molar-refractivity contribution in [2.24, 2.45) is 0 Å². The zero-order valence-corrected chi connectivity index (χ0v) is 18.3. The molecule has 1 saturated carbocycles. The van der Waals surface area contributed by atoms with E-state index in [0.717, 1.165) is 69.5 Å². The summed E-state index contributed by atoms with van der Waals surface area (Å²) >= 11 is 1.52. The second-order valence-corrected chi connectivity index (χ2v) is 9.33. The van der Waals surface area contributed by atoms with Crippen LogP contribution in [0, 0.1) is 0 Å². The summed E-state index contributed by atoms with van der Waals surface area (Å²) in [6.45, 7) is 3.15. The summed E-state index contributed by atoms with van der Waals surface area (Å²) in [4.78, 5) is 17.2. The molecular weight excluding hydrogens is 398 g/mol. The van der Waals surface area contributed by atoms with Crippen LogP contribution in [0.1, 0.15) is 48.9 Å². The summed E-state index contributed by atoms with van der Waals surface area (Å²) in [6, 6.07) is 9.19. The molecule has 1 unspecified atom stereocenters. The molecule has 1 atom stereocenters. The number of morpholine rings is 1. The van der Waals surface area contributed by atoms with E-state index >= 15 is 0 Å². The van der Waals surface area contributed by atoms with Crippen molar-refractivity contribution in [1.29, 1.82) is 0 Å². The number of rotatable bonds is 6. The van der Waals surface area contributed by atoms with Crippen LogP contribution in [0.25, 0.3) is 0 Å². The Kier molecular flexibility index (Phi) is 5.69. The molecule has 160 valence electrons. The standard InChI is InChI=1S/C22H29N5O2S/c1-25(19-8-4-6-16-5-2-3-7-18(16)19)20(28)15-30-22-24-23-21(27(22)17-9-10-17)26-11-13-29-14-12-26/h2-3,5,7,17,19H,4,6,8-15H2,1H3. The lowest BCUT2D eigenvalue weighted by molar-refractivity contribution is -0.129. The van der Waals surface area contributed by atoms with Gasteiger partial charge in [-0.25, -0.2) is 0 Å². The van der Waals surface area contributed by atoms with Gasteiger partial charge >= 0.3 is 0 Å². The zero-order valence-electron chi connectivity index (χ0n) is 17.5. The predicted octanol–water partition coefficient (Wildman–Crippen LogP) is 3.08. The maximum Gasteiger partial charge on any atom is 0.233 e. The number of nitrogens with zero attached hydrogens (tertiary/aromatic N) is 5. The number of thioether (sulfide) groups is 1. The van der Waals surface area contributed by atoms with Crippen LogP contribution in [0.2, 0.25) is 0 Å². The Balaban J connectivity index is 1.27. The van der Waals surface area contributed by atoms with Crippen LogP contribution in [0.4, 0.5) is 5.95 Å². The van der Waals surface area contributed by atoms with Crippen LogP contribution >= 0.6 is 11.8 Å². The molecule has 2 fully saturated rings. The second kappa shape index (κ2) is 8.59. The van der Waals surface area contributed by atoms with E-state index in [1.54, 1.807) is 0 Å². The number of fused-ring (bicyclic) bond motifs is 1. The van der Waals surface area contributed by atoms with Gasteiger partial charge in [-0.05, 0) is 43.2 Å². The van der Waals surface area contributed by atoms with Gasteiger partial charge in [0.25, 0.3) is 0 Å². The molecule has 2 aliphatic carbocycles. The Morgan fingerprint density at radius 1 is 1.20 bits per heavy atom. The van der Waals surface area contributed by atoms with Crippen LogP contribution in [-0.2, 0) is 16.0 Å². The first-order valence-electron chi connectivity index (χ1n) is 11.0. The first kappa shape index (κ1) is 19.9. The summed E-state index contributed by atoms with van der Waals surface area (Å²) in [6.07, 6.45) is 5.60. The number of amides is 1. The number of hydrogen-bond acceptors (Lipinski definition) is 6. The zero-order chi connectivity index (χ0) is 20.5. The summed E-state index contributed by atoms with van der Waals surface area (Å²) in [5.74, 6) is 1.48. The number of carbonyl (C=O) groups is 1. The Bertz CT molecular complexity index is 907. The van der Waals surface area contributed by atoms with Gasteiger partial charge in [-0.2, -0.15) is 0 Å². The highest BCUT2D eigenvalue weighted by atomic mass is 32.2. The number of aryl methyl sites for hydroxylation is 1. The van der Waals surface area contributed by atoms with E-state index in [2.05, 4.69) is 43.9 Å². The minimum absolute atomic E-state index is 0.153. The molecule has 30 heavy (non-hydrogen) atoms. The summed E-state index contributed by atoms with van der Waals surface area (Å²) in [5.41, 5.74) is 2.69. The first-order valence-corrected chi connectivity index (χ1v) is 11.9. The van der Waals surface area contributed by atoms with Crippen molar-refractivity contribution in [3.63, 3.8) is 0 Å². The van der Waals surface area contributed by atoms with Crippen molar-refractivity contribution in [3.8, 4) is 0 Å². The molecule has 2 aromatic rings. The topological polar surface area (TPSA) is 63.5 Å². The monoisotopic (exact) mass is 427 g/mol. The number of anilines is 1. The Labute approximate surface area is 181 Å². The molecule has 1 amide bonds. The fraction of sp³-hybridized carbons (Fsp3) is 0.591. The Morgan fingerprint density at radius 3 is 2.80 bits per heavy atom. The summed E-state index contributed by atoms with van der Waals surface area (Å²) < 4.78 is 7.73. The molecule has 0 spiro atoms. The van der Waals surface area contributed by atoms with Gasteiger partial charge in [-0.15, -0.1) is 10.2 Å². The molecule has 0 N–H and O–H groups in total. The SMILES string of the molecule is CN(C(=O)CSc1nnc(N2CCOCC2)n1C1CC1)C1CCCc2ccccc21. The fourth-order valence-electron chi connectivity index (χ4n) is 4.53. The van der Waals surface area contributed by atoms with Crippen LogP contribution in [0.5, 0.6) is 0 Å². The lowest BCUT2D eigenvalue weighted by Gasteiger charge is -2.33. The third-order valence-corrected chi connectivity index (χ3v) is 7.30. The number of ether oxygens (including phenoxy) is 1. The number of aromatic nitrogens is 3. The van der Waals surface area contributed by atoms with Crippen LogP contribution < -0.4 is 4.90 Å². The quantitative estimate of drug-likeness (QED) is 0.660. The molecule has 0 bridgehead atoms. The van der Waals surface area contributed by atoms with E-state index in [9.17, 15) is 4.79 Å². The molecule has 0 radical (unpaired) electrons. The van der Waals surface area contributed by atoms with E-state index < -0.39 is 0 Å². The molecule has 1 aromatic carbocycles. The van der Waals surface area contributed by atoms with Gasteiger partial charge in [-0.3, -0.25) is 9.36 Å². The molecule has 7 nitrogen and oxygen atoms in total. The second-order valence-electron chi connectivity index (χ2n) is 8.38. The van der Waals surface area contributed by atoms with Crippen molar-refractivity contribution in [2.75, 3.05) is 44.0 Å². The first-order chi connectivity index (χ1) is 14.7. The fourth-order valence-corrected chi connectivity index (χ4v) is 5.46. The smallest absolute Gasteiger partial charge is 0.233 e. The van der Waals surface area contributed by atoms with Crippen molar-refractivity contribution in [1.82, 2.24) is 19.7 Å². The van der Waals surface area contributed by atoms with E-state index in [1.165, 1.54) is 22.9 Å². The van der Waals surface area contributed by atoms with Gasteiger partial charge in [-0.1, -0.05) is 36.0 Å². The highest BCUT2D eigenvalue weighted by Gasteiger charge is 2.33. The highest BCUT2D eigenvalue weighted by Crippen LogP contribution is 2.41. The number of carbonyl (C=O) groups excluding carboxylic acids is 1. The Hall–Kier alpha value is -2.06. The molecule has 1 saturated heterocycles. The van der Waals surface area contributed by atoms with Crippen LogP contribution in [0.3, 0.4) is 0 Å². The molecule has 1 aromatic heterocycles.